The molecule has 0 spiro atoms. The maximum atomic E-state index is 13.1. The Morgan fingerprint density at radius 2 is 1.94 bits per heavy atom. The summed E-state index contributed by atoms with van der Waals surface area (Å²) >= 11 is 0. The maximum Gasteiger partial charge on any atom is 0.231 e. The van der Waals surface area contributed by atoms with Crippen LogP contribution in [0.2, 0.25) is 0 Å². The second-order valence-electron chi connectivity index (χ2n) is 8.55. The Morgan fingerprint density at radius 3 is 2.71 bits per heavy atom. The number of allylic oxidation sites excluding steroid dienone is 2. The number of benzene rings is 2. The Balaban J connectivity index is 1.33. The second kappa shape index (κ2) is 7.73. The largest absolute Gasteiger partial charge is 0.454 e. The summed E-state index contributed by atoms with van der Waals surface area (Å²) < 4.78 is 10.9. The highest BCUT2D eigenvalue weighted by Crippen LogP contribution is 2.41. The predicted octanol–water partition coefficient (Wildman–Crippen LogP) is 4.59. The average molecular weight is 415 g/mol. The van der Waals surface area contributed by atoms with Crippen LogP contribution in [-0.2, 0) is 17.8 Å². The Hall–Kier alpha value is -3.34. The fourth-order valence-electron chi connectivity index (χ4n) is 4.73. The average Bonchev–Trinajstić information content (AvgIpc) is 3.33. The minimum absolute atomic E-state index is 0.0490. The van der Waals surface area contributed by atoms with Gasteiger partial charge in [-0.25, -0.2) is 0 Å². The molecule has 2 heterocycles. The van der Waals surface area contributed by atoms with E-state index in [1.54, 1.807) is 6.92 Å². The molecule has 5 nitrogen and oxygen atoms in total. The van der Waals surface area contributed by atoms with Crippen LogP contribution in [0.3, 0.4) is 0 Å². The normalized spacial score (nSPS) is 21.3. The first-order chi connectivity index (χ1) is 15.0. The van der Waals surface area contributed by atoms with Gasteiger partial charge in [0.15, 0.2) is 23.1 Å². The second-order valence-corrected chi connectivity index (χ2v) is 8.55. The molecule has 158 valence electrons. The number of aryl methyl sites for hydroxylation is 1. The SMILES string of the molecule is CC(=O)C1=CN(Cc2ccccc2C)C=CC1CC1Cc2cc3c(cc2C1=O)OCO3. The third-order valence-electron chi connectivity index (χ3n) is 6.47. The summed E-state index contributed by atoms with van der Waals surface area (Å²) in [5.74, 6) is 1.33. The van der Waals surface area contributed by atoms with E-state index in [0.29, 0.717) is 30.9 Å². The van der Waals surface area contributed by atoms with Crippen LogP contribution in [-0.4, -0.2) is 23.3 Å². The zero-order valence-electron chi connectivity index (χ0n) is 17.8. The first-order valence-corrected chi connectivity index (χ1v) is 10.7. The lowest BCUT2D eigenvalue weighted by atomic mass is 9.84. The van der Waals surface area contributed by atoms with Crippen LogP contribution < -0.4 is 9.47 Å². The molecule has 5 rings (SSSR count). The lowest BCUT2D eigenvalue weighted by molar-refractivity contribution is -0.114. The molecule has 0 saturated heterocycles. The van der Waals surface area contributed by atoms with Crippen molar-refractivity contribution < 1.29 is 19.1 Å². The summed E-state index contributed by atoms with van der Waals surface area (Å²) in [7, 11) is 0. The Labute approximate surface area is 182 Å². The molecule has 0 N–H and O–H groups in total. The van der Waals surface area contributed by atoms with Gasteiger partial charge in [-0.3, -0.25) is 9.59 Å². The molecule has 0 saturated carbocycles. The van der Waals surface area contributed by atoms with E-state index in [4.69, 9.17) is 9.47 Å². The molecule has 2 aromatic rings. The number of hydrogen-bond donors (Lipinski definition) is 0. The number of carbonyl (C=O) groups is 2. The first-order valence-electron chi connectivity index (χ1n) is 10.7. The van der Waals surface area contributed by atoms with Crippen molar-refractivity contribution in [2.45, 2.75) is 33.2 Å². The number of ketones is 2. The van der Waals surface area contributed by atoms with E-state index < -0.39 is 0 Å². The Kier molecular flexibility index (Phi) is 4.89. The van der Waals surface area contributed by atoms with Crippen molar-refractivity contribution in [2.24, 2.45) is 11.8 Å². The van der Waals surface area contributed by atoms with Gasteiger partial charge in [-0.15, -0.1) is 0 Å². The predicted molar refractivity (Wildman–Crippen MR) is 117 cm³/mol. The Bertz CT molecular complexity index is 1130. The summed E-state index contributed by atoms with van der Waals surface area (Å²) in [6.07, 6.45) is 7.35. The highest BCUT2D eigenvalue weighted by Gasteiger charge is 2.35. The van der Waals surface area contributed by atoms with Crippen molar-refractivity contribution in [1.29, 1.82) is 0 Å². The molecule has 0 fully saturated rings. The zero-order valence-corrected chi connectivity index (χ0v) is 17.8. The van der Waals surface area contributed by atoms with Gasteiger partial charge in [0.25, 0.3) is 0 Å². The molecule has 1 aliphatic carbocycles. The van der Waals surface area contributed by atoms with Gasteiger partial charge >= 0.3 is 0 Å². The molecule has 0 aromatic heterocycles. The van der Waals surface area contributed by atoms with Gasteiger partial charge in [0, 0.05) is 41.9 Å². The number of carbonyl (C=O) groups excluding carboxylic acids is 2. The molecule has 3 aliphatic rings. The Morgan fingerprint density at radius 1 is 1.16 bits per heavy atom. The third-order valence-corrected chi connectivity index (χ3v) is 6.47. The number of ether oxygens (including phenoxy) is 2. The summed E-state index contributed by atoms with van der Waals surface area (Å²) in [4.78, 5) is 27.5. The van der Waals surface area contributed by atoms with Gasteiger partial charge in [-0.1, -0.05) is 30.3 Å². The minimum atomic E-state index is -0.141. The lowest BCUT2D eigenvalue weighted by Crippen LogP contribution is -2.24. The molecule has 2 atom stereocenters. The van der Waals surface area contributed by atoms with Crippen molar-refractivity contribution in [2.75, 3.05) is 6.79 Å². The molecule has 2 unspecified atom stereocenters. The van der Waals surface area contributed by atoms with E-state index in [-0.39, 0.29) is 30.2 Å². The van der Waals surface area contributed by atoms with Gasteiger partial charge in [-0.2, -0.15) is 0 Å². The number of Topliss-reactive ketones (excluding diaryl/α,β-unsaturated/α-hetero) is 2. The summed E-state index contributed by atoms with van der Waals surface area (Å²) in [5, 5.41) is 0. The number of fused-ring (bicyclic) bond motifs is 2. The van der Waals surface area contributed by atoms with Crippen molar-refractivity contribution in [3.05, 3.63) is 82.7 Å². The molecular formula is C26H25NO4. The molecule has 0 amide bonds. The van der Waals surface area contributed by atoms with Gasteiger partial charge in [0.2, 0.25) is 6.79 Å². The van der Waals surface area contributed by atoms with Crippen LogP contribution in [0.4, 0.5) is 0 Å². The highest BCUT2D eigenvalue weighted by atomic mass is 16.7. The maximum absolute atomic E-state index is 13.1. The van der Waals surface area contributed by atoms with Crippen molar-refractivity contribution in [3.63, 3.8) is 0 Å². The fraction of sp³-hybridized carbons (Fsp3) is 0.308. The molecular weight excluding hydrogens is 390 g/mol. The number of rotatable bonds is 5. The van der Waals surface area contributed by atoms with E-state index >= 15 is 0 Å². The number of hydrogen-bond acceptors (Lipinski definition) is 5. The minimum Gasteiger partial charge on any atom is -0.454 e. The van der Waals surface area contributed by atoms with Crippen LogP contribution in [0.15, 0.2) is 60.4 Å². The quantitative estimate of drug-likeness (QED) is 0.715. The fourth-order valence-corrected chi connectivity index (χ4v) is 4.73. The molecule has 2 aliphatic heterocycles. The monoisotopic (exact) mass is 415 g/mol. The molecule has 31 heavy (non-hydrogen) atoms. The third kappa shape index (κ3) is 3.65. The standard InChI is InChI=1S/C26H25NO4/c1-16-5-3-4-6-19(16)13-27-8-7-18(23(14-27)17(2)28)9-21-10-20-11-24-25(31-15-30-24)12-22(20)26(21)29/h3-8,11-12,14,18,21H,9-10,13,15H2,1-2H3. The van der Waals surface area contributed by atoms with Gasteiger partial charge < -0.3 is 14.4 Å². The van der Waals surface area contributed by atoms with Crippen molar-refractivity contribution in [3.8, 4) is 11.5 Å². The highest BCUT2D eigenvalue weighted by molar-refractivity contribution is 6.03. The summed E-state index contributed by atoms with van der Waals surface area (Å²) in [6.45, 7) is 4.62. The van der Waals surface area contributed by atoms with E-state index in [1.807, 2.05) is 36.7 Å². The molecule has 2 aromatic carbocycles. The molecule has 5 heteroatoms. The van der Waals surface area contributed by atoms with Gasteiger partial charge in [0.1, 0.15) is 0 Å². The first kappa shape index (κ1) is 19.6. The molecule has 0 radical (unpaired) electrons. The number of nitrogens with zero attached hydrogens (tertiary/aromatic N) is 1. The van der Waals surface area contributed by atoms with Gasteiger partial charge in [-0.05, 0) is 55.5 Å². The zero-order chi connectivity index (χ0) is 21.5. The van der Waals surface area contributed by atoms with Crippen LogP contribution in [0.5, 0.6) is 11.5 Å². The topological polar surface area (TPSA) is 55.8 Å². The van der Waals surface area contributed by atoms with Gasteiger partial charge in [0.05, 0.1) is 0 Å². The molecule has 0 bridgehead atoms. The van der Waals surface area contributed by atoms with Crippen LogP contribution in [0, 0.1) is 18.8 Å². The van der Waals surface area contributed by atoms with E-state index in [9.17, 15) is 9.59 Å². The van der Waals surface area contributed by atoms with Crippen LogP contribution >= 0.6 is 0 Å². The van der Waals surface area contributed by atoms with Crippen molar-refractivity contribution in [1.82, 2.24) is 4.90 Å². The summed E-state index contributed by atoms with van der Waals surface area (Å²) in [6, 6.07) is 12.0. The van der Waals surface area contributed by atoms with E-state index in [1.165, 1.54) is 11.1 Å². The van der Waals surface area contributed by atoms with E-state index in [0.717, 1.165) is 16.7 Å². The van der Waals surface area contributed by atoms with Crippen molar-refractivity contribution >= 4 is 11.6 Å². The van der Waals surface area contributed by atoms with Crippen LogP contribution in [0.1, 0.15) is 40.4 Å². The van der Waals surface area contributed by atoms with E-state index in [2.05, 4.69) is 30.0 Å². The lowest BCUT2D eigenvalue weighted by Gasteiger charge is -2.27. The smallest absolute Gasteiger partial charge is 0.231 e. The summed E-state index contributed by atoms with van der Waals surface area (Å²) in [5.41, 5.74) is 4.94. The van der Waals surface area contributed by atoms with Crippen LogP contribution in [0.25, 0.3) is 0 Å².